The Morgan fingerprint density at radius 3 is 2.62 bits per heavy atom. The zero-order valence-electron chi connectivity index (χ0n) is 17.9. The average molecular weight is 460 g/mol. The quantitative estimate of drug-likeness (QED) is 0.536. The van der Waals surface area contributed by atoms with Crippen molar-refractivity contribution < 1.29 is 4.79 Å². The maximum Gasteiger partial charge on any atom is 0.283 e. The number of aromatic nitrogens is 1. The first-order chi connectivity index (χ1) is 15.4. The number of nitrogens with zero attached hydrogens (tertiary/aromatic N) is 4. The van der Waals surface area contributed by atoms with Crippen LogP contribution in [0.5, 0.6) is 0 Å². The summed E-state index contributed by atoms with van der Waals surface area (Å²) in [4.78, 5) is 18.2. The summed E-state index contributed by atoms with van der Waals surface area (Å²) in [5.41, 5.74) is 5.48. The molecule has 1 aromatic carbocycles. The van der Waals surface area contributed by atoms with Gasteiger partial charge in [0.2, 0.25) is 5.17 Å². The van der Waals surface area contributed by atoms with Gasteiger partial charge in [-0.25, -0.2) is 0 Å². The van der Waals surface area contributed by atoms with Crippen LogP contribution in [-0.4, -0.2) is 31.5 Å². The van der Waals surface area contributed by atoms with Gasteiger partial charge in [-0.1, -0.05) is 23.8 Å². The van der Waals surface area contributed by atoms with Crippen molar-refractivity contribution in [3.8, 4) is 5.69 Å². The van der Waals surface area contributed by atoms with Crippen LogP contribution >= 0.6 is 23.1 Å². The topological polar surface area (TPSA) is 73.8 Å². The predicted octanol–water partition coefficient (Wildman–Crippen LogP) is 5.33. The second kappa shape index (κ2) is 8.03. The molecule has 0 saturated carbocycles. The fraction of sp³-hybridized carbons (Fsp3) is 0.167. The minimum absolute atomic E-state index is 0.0637. The number of hydrogen-bond acceptors (Lipinski definition) is 5. The van der Waals surface area contributed by atoms with E-state index in [1.165, 1.54) is 27.2 Å². The molecule has 2 aromatic heterocycles. The number of aryl methyl sites for hydroxylation is 2. The van der Waals surface area contributed by atoms with E-state index < -0.39 is 5.91 Å². The molecule has 1 amide bonds. The van der Waals surface area contributed by atoms with Crippen molar-refractivity contribution in [2.45, 2.75) is 27.2 Å². The molecule has 6 nitrogen and oxygen atoms in total. The monoisotopic (exact) mass is 459 g/mol. The first kappa shape index (κ1) is 20.7. The van der Waals surface area contributed by atoms with Crippen LogP contribution in [0.2, 0.25) is 0 Å². The molecule has 2 aliphatic heterocycles. The predicted molar refractivity (Wildman–Crippen MR) is 133 cm³/mol. The largest absolute Gasteiger partial charge is 0.318 e. The van der Waals surface area contributed by atoms with Crippen molar-refractivity contribution in [2.75, 3.05) is 0 Å². The molecular formula is C24H21N5OS2. The van der Waals surface area contributed by atoms with Gasteiger partial charge in [0.15, 0.2) is 5.84 Å². The fourth-order valence-corrected chi connectivity index (χ4v) is 5.55. The maximum absolute atomic E-state index is 12.8. The second-order valence-electron chi connectivity index (χ2n) is 7.77. The Bertz CT molecular complexity index is 1330. The Kier molecular flexibility index (Phi) is 5.19. The molecule has 0 radical (unpaired) electrons. The van der Waals surface area contributed by atoms with Gasteiger partial charge in [-0.2, -0.15) is 15.1 Å². The van der Waals surface area contributed by atoms with Crippen molar-refractivity contribution in [1.82, 2.24) is 9.58 Å². The molecule has 160 valence electrons. The highest BCUT2D eigenvalue weighted by molar-refractivity contribution is 8.27. The number of amides is 1. The number of nitrogens with one attached hydrogen (secondary N) is 1. The Morgan fingerprint density at radius 1 is 1.12 bits per heavy atom. The van der Waals surface area contributed by atoms with E-state index in [-0.39, 0.29) is 11.4 Å². The van der Waals surface area contributed by atoms with Gasteiger partial charge in [-0.15, -0.1) is 11.3 Å². The third-order valence-corrected chi connectivity index (χ3v) is 7.25. The van der Waals surface area contributed by atoms with Crippen molar-refractivity contribution in [1.29, 1.82) is 5.41 Å². The van der Waals surface area contributed by atoms with E-state index in [1.807, 2.05) is 31.4 Å². The highest BCUT2D eigenvalue weighted by atomic mass is 32.2. The third kappa shape index (κ3) is 3.65. The third-order valence-electron chi connectivity index (χ3n) is 5.46. The molecule has 0 bridgehead atoms. The molecule has 0 aliphatic carbocycles. The fourth-order valence-electron chi connectivity index (χ4n) is 3.85. The van der Waals surface area contributed by atoms with E-state index in [1.54, 1.807) is 17.4 Å². The molecular weight excluding hydrogens is 438 g/mol. The minimum Gasteiger partial charge on any atom is -0.318 e. The van der Waals surface area contributed by atoms with Crippen molar-refractivity contribution in [3.05, 3.63) is 80.8 Å². The first-order valence-corrected chi connectivity index (χ1v) is 11.9. The van der Waals surface area contributed by atoms with Crippen LogP contribution in [0, 0.1) is 26.2 Å². The highest BCUT2D eigenvalue weighted by Crippen LogP contribution is 2.31. The van der Waals surface area contributed by atoms with E-state index in [4.69, 9.17) is 5.41 Å². The molecule has 5 rings (SSSR count). The number of hydrogen-bond donors (Lipinski definition) is 1. The molecule has 0 unspecified atom stereocenters. The zero-order valence-corrected chi connectivity index (χ0v) is 19.5. The van der Waals surface area contributed by atoms with Crippen LogP contribution < -0.4 is 0 Å². The number of thioether (sulfide) groups is 1. The SMILES string of the molecule is Cc1ccc(-n2c(C)cc(C=C3C(=N)N4N=C(Cc5cccs5)SC4=NC3=O)c2C)cc1. The van der Waals surface area contributed by atoms with Gasteiger partial charge in [0.25, 0.3) is 5.91 Å². The second-order valence-corrected chi connectivity index (χ2v) is 9.84. The summed E-state index contributed by atoms with van der Waals surface area (Å²) in [5, 5.41) is 18.0. The summed E-state index contributed by atoms with van der Waals surface area (Å²) in [5.74, 6) is -0.338. The lowest BCUT2D eigenvalue weighted by molar-refractivity contribution is -0.114. The van der Waals surface area contributed by atoms with Crippen LogP contribution in [-0.2, 0) is 11.2 Å². The number of carbonyl (C=O) groups is 1. The van der Waals surface area contributed by atoms with Gasteiger partial charge in [0.05, 0.1) is 5.57 Å². The normalized spacial score (nSPS) is 17.1. The Balaban J connectivity index is 1.47. The summed E-state index contributed by atoms with van der Waals surface area (Å²) in [6.45, 7) is 6.13. The highest BCUT2D eigenvalue weighted by Gasteiger charge is 2.35. The number of rotatable bonds is 4. The lowest BCUT2D eigenvalue weighted by atomic mass is 10.1. The lowest BCUT2D eigenvalue weighted by Gasteiger charge is -2.20. The van der Waals surface area contributed by atoms with Crippen LogP contribution in [0.1, 0.15) is 27.4 Å². The minimum atomic E-state index is -0.401. The molecule has 1 N–H and O–H groups in total. The number of hydrazone groups is 1. The molecule has 0 atom stereocenters. The Labute approximate surface area is 194 Å². The van der Waals surface area contributed by atoms with Gasteiger partial charge < -0.3 is 4.57 Å². The Hall–Kier alpha value is -3.23. The van der Waals surface area contributed by atoms with E-state index in [0.717, 1.165) is 27.7 Å². The molecule has 3 aromatic rings. The van der Waals surface area contributed by atoms with E-state index in [0.29, 0.717) is 11.6 Å². The van der Waals surface area contributed by atoms with Crippen molar-refractivity contribution >= 4 is 51.1 Å². The first-order valence-electron chi connectivity index (χ1n) is 10.2. The van der Waals surface area contributed by atoms with Gasteiger partial charge in [-0.3, -0.25) is 10.2 Å². The number of benzene rings is 1. The standard InChI is InChI=1S/C24H21N5OS2/c1-14-6-8-18(9-7-14)28-15(2)11-17(16(28)3)12-20-22(25)29-24(26-23(20)30)32-21(27-29)13-19-5-4-10-31-19/h4-12,25H,13H2,1-3H3. The van der Waals surface area contributed by atoms with Gasteiger partial charge in [0, 0.05) is 28.4 Å². The van der Waals surface area contributed by atoms with E-state index in [9.17, 15) is 4.79 Å². The van der Waals surface area contributed by atoms with Gasteiger partial charge in [-0.05, 0) is 73.8 Å². The summed E-state index contributed by atoms with van der Waals surface area (Å²) in [6, 6.07) is 14.4. The molecule has 0 saturated heterocycles. The average Bonchev–Trinajstić information content (AvgIpc) is 3.47. The smallest absolute Gasteiger partial charge is 0.283 e. The van der Waals surface area contributed by atoms with Crippen molar-refractivity contribution in [2.24, 2.45) is 10.1 Å². The van der Waals surface area contributed by atoms with E-state index in [2.05, 4.69) is 51.9 Å². The van der Waals surface area contributed by atoms with Crippen LogP contribution in [0.15, 0.2) is 63.5 Å². The number of thiophene rings is 1. The molecule has 4 heterocycles. The van der Waals surface area contributed by atoms with Crippen molar-refractivity contribution in [3.63, 3.8) is 0 Å². The van der Waals surface area contributed by atoms with E-state index >= 15 is 0 Å². The van der Waals surface area contributed by atoms with Crippen LogP contribution in [0.3, 0.4) is 0 Å². The number of fused-ring (bicyclic) bond motifs is 1. The summed E-state index contributed by atoms with van der Waals surface area (Å²) in [7, 11) is 0. The zero-order chi connectivity index (χ0) is 22.4. The number of aliphatic imine (C=N–C) groups is 1. The summed E-state index contributed by atoms with van der Waals surface area (Å²) in [6.07, 6.45) is 2.44. The van der Waals surface area contributed by atoms with Gasteiger partial charge >= 0.3 is 0 Å². The van der Waals surface area contributed by atoms with Crippen LogP contribution in [0.4, 0.5) is 0 Å². The molecule has 2 aliphatic rings. The summed E-state index contributed by atoms with van der Waals surface area (Å²) < 4.78 is 2.15. The molecule has 8 heteroatoms. The van der Waals surface area contributed by atoms with Gasteiger partial charge in [0.1, 0.15) is 5.04 Å². The summed E-state index contributed by atoms with van der Waals surface area (Å²) >= 11 is 3.02. The molecule has 0 spiro atoms. The Morgan fingerprint density at radius 2 is 1.91 bits per heavy atom. The number of carbonyl (C=O) groups excluding carboxylic acids is 1. The maximum atomic E-state index is 12.8. The number of amidine groups is 2. The molecule has 0 fully saturated rings. The van der Waals surface area contributed by atoms with Crippen LogP contribution in [0.25, 0.3) is 11.8 Å². The lowest BCUT2D eigenvalue weighted by Crippen LogP contribution is -2.35. The molecule has 32 heavy (non-hydrogen) atoms.